The van der Waals surface area contributed by atoms with Gasteiger partial charge in [-0.05, 0) is 38.0 Å². The molecule has 1 spiro atoms. The Morgan fingerprint density at radius 1 is 1.19 bits per heavy atom. The summed E-state index contributed by atoms with van der Waals surface area (Å²) in [4.78, 5) is 24.8. The molecule has 5 rings (SSSR count). The third kappa shape index (κ3) is 3.68. The molecule has 0 saturated carbocycles. The minimum absolute atomic E-state index is 0.0766. The molecule has 5 nitrogen and oxygen atoms in total. The molecule has 2 atom stereocenters. The molecule has 1 aromatic heterocycles. The van der Waals surface area contributed by atoms with Crippen LogP contribution in [0.15, 0.2) is 72.9 Å². The summed E-state index contributed by atoms with van der Waals surface area (Å²) in [5.74, 6) is 0.469. The van der Waals surface area contributed by atoms with Gasteiger partial charge in [0.15, 0.2) is 0 Å². The first kappa shape index (κ1) is 19.7. The maximum absolute atomic E-state index is 13.8. The zero-order valence-corrected chi connectivity index (χ0v) is 17.5. The van der Waals surface area contributed by atoms with Crippen LogP contribution in [-0.4, -0.2) is 38.9 Å². The van der Waals surface area contributed by atoms with Gasteiger partial charge >= 0.3 is 0 Å². The Labute approximate surface area is 181 Å². The molecule has 158 valence electrons. The van der Waals surface area contributed by atoms with E-state index in [0.29, 0.717) is 5.69 Å². The fourth-order valence-corrected chi connectivity index (χ4v) is 4.89. The van der Waals surface area contributed by atoms with Crippen LogP contribution in [0.3, 0.4) is 0 Å². The number of carbonyl (C=O) groups excluding carboxylic acids is 1. The molecule has 1 N–H and O–H groups in total. The number of halogens is 1. The third-order valence-electron chi connectivity index (χ3n) is 6.42. The lowest BCUT2D eigenvalue weighted by molar-refractivity contribution is -0.114. The van der Waals surface area contributed by atoms with Gasteiger partial charge in [0.1, 0.15) is 11.6 Å². The number of likely N-dealkylation sites (tertiary alicyclic amines) is 1. The summed E-state index contributed by atoms with van der Waals surface area (Å²) in [6, 6.07) is 16.7. The van der Waals surface area contributed by atoms with Crippen LogP contribution in [0.2, 0.25) is 0 Å². The Hall–Kier alpha value is -3.25. The van der Waals surface area contributed by atoms with E-state index in [9.17, 15) is 9.18 Å². The molecule has 0 radical (unpaired) electrons. The first-order valence-electron chi connectivity index (χ1n) is 10.7. The molecule has 31 heavy (non-hydrogen) atoms. The van der Waals surface area contributed by atoms with E-state index in [2.05, 4.69) is 21.8 Å². The second-order valence-corrected chi connectivity index (χ2v) is 8.49. The number of hydrogen-bond acceptors (Lipinski definition) is 3. The number of aromatic amines is 1. The maximum atomic E-state index is 13.8. The lowest BCUT2D eigenvalue weighted by Crippen LogP contribution is -2.56. The number of imidazole rings is 1. The summed E-state index contributed by atoms with van der Waals surface area (Å²) in [6.07, 6.45) is 7.14. The number of aromatic nitrogens is 2. The third-order valence-corrected chi connectivity index (χ3v) is 6.42. The predicted molar refractivity (Wildman–Crippen MR) is 119 cm³/mol. The first-order valence-corrected chi connectivity index (χ1v) is 10.7. The van der Waals surface area contributed by atoms with Crippen molar-refractivity contribution in [3.05, 3.63) is 84.5 Å². The number of anilines is 1. The quantitative estimate of drug-likeness (QED) is 0.679. The van der Waals surface area contributed by atoms with Gasteiger partial charge in [-0.1, -0.05) is 42.5 Å². The van der Waals surface area contributed by atoms with Crippen LogP contribution in [0.25, 0.3) is 11.4 Å². The Morgan fingerprint density at radius 3 is 2.81 bits per heavy atom. The van der Waals surface area contributed by atoms with E-state index in [1.165, 1.54) is 12.1 Å². The number of benzene rings is 2. The van der Waals surface area contributed by atoms with Gasteiger partial charge < -0.3 is 4.98 Å². The van der Waals surface area contributed by atoms with Crippen LogP contribution in [0.1, 0.15) is 25.5 Å². The second-order valence-electron chi connectivity index (χ2n) is 8.49. The van der Waals surface area contributed by atoms with Crippen molar-refractivity contribution in [2.24, 2.45) is 0 Å². The van der Waals surface area contributed by atoms with Crippen molar-refractivity contribution < 1.29 is 9.18 Å². The van der Waals surface area contributed by atoms with E-state index in [-0.39, 0.29) is 17.8 Å². The highest BCUT2D eigenvalue weighted by molar-refractivity contribution is 6.06. The topological polar surface area (TPSA) is 52.2 Å². The molecular formula is C25H25FN4O. The van der Waals surface area contributed by atoms with Crippen LogP contribution in [0.4, 0.5) is 10.1 Å². The number of hydrogen-bond donors (Lipinski definition) is 1. The molecule has 0 aliphatic carbocycles. The Kier molecular flexibility index (Phi) is 4.94. The molecule has 2 aromatic carbocycles. The van der Waals surface area contributed by atoms with E-state index in [1.54, 1.807) is 17.0 Å². The van der Waals surface area contributed by atoms with Crippen LogP contribution in [0, 0.1) is 5.82 Å². The lowest BCUT2D eigenvalue weighted by Gasteiger charge is -2.47. The zero-order chi connectivity index (χ0) is 21.4. The number of H-pyrrole nitrogens is 1. The number of nitrogens with zero attached hydrogens (tertiary/aromatic N) is 3. The van der Waals surface area contributed by atoms with E-state index < -0.39 is 5.54 Å². The summed E-state index contributed by atoms with van der Waals surface area (Å²) >= 11 is 0. The number of rotatable bonds is 4. The van der Waals surface area contributed by atoms with Crippen molar-refractivity contribution >= 4 is 11.6 Å². The van der Waals surface area contributed by atoms with Gasteiger partial charge in [-0.15, -0.1) is 0 Å². The monoisotopic (exact) mass is 416 g/mol. The van der Waals surface area contributed by atoms with E-state index in [4.69, 9.17) is 0 Å². The van der Waals surface area contributed by atoms with Crippen molar-refractivity contribution in [1.82, 2.24) is 14.9 Å². The molecule has 2 aliphatic rings. The van der Waals surface area contributed by atoms with E-state index in [1.807, 2.05) is 48.7 Å². The maximum Gasteiger partial charge on any atom is 0.251 e. The van der Waals surface area contributed by atoms with Crippen molar-refractivity contribution in [2.45, 2.75) is 37.9 Å². The van der Waals surface area contributed by atoms with Gasteiger partial charge in [0.05, 0.1) is 5.54 Å². The van der Waals surface area contributed by atoms with Gasteiger partial charge in [-0.2, -0.15) is 0 Å². The minimum atomic E-state index is -0.399. The van der Waals surface area contributed by atoms with Crippen molar-refractivity contribution in [3.63, 3.8) is 0 Å². The zero-order valence-electron chi connectivity index (χ0n) is 17.5. The predicted octanol–water partition coefficient (Wildman–Crippen LogP) is 4.54. The average Bonchev–Trinajstić information content (AvgIpc) is 3.36. The summed E-state index contributed by atoms with van der Waals surface area (Å²) in [5, 5.41) is 0. The van der Waals surface area contributed by atoms with Crippen molar-refractivity contribution in [3.8, 4) is 11.4 Å². The average molecular weight is 417 g/mol. The molecule has 6 heteroatoms. The van der Waals surface area contributed by atoms with Crippen LogP contribution in [-0.2, 0) is 11.3 Å². The highest BCUT2D eigenvalue weighted by atomic mass is 19.1. The van der Waals surface area contributed by atoms with Gasteiger partial charge in [0.2, 0.25) is 0 Å². The molecule has 0 unspecified atom stereocenters. The smallest absolute Gasteiger partial charge is 0.251 e. The molecule has 1 amide bonds. The lowest BCUT2D eigenvalue weighted by atomic mass is 9.83. The van der Waals surface area contributed by atoms with Crippen molar-refractivity contribution in [1.29, 1.82) is 0 Å². The van der Waals surface area contributed by atoms with Crippen LogP contribution in [0.5, 0.6) is 0 Å². The molecule has 1 fully saturated rings. The fourth-order valence-electron chi connectivity index (χ4n) is 4.89. The van der Waals surface area contributed by atoms with Gasteiger partial charge in [-0.3, -0.25) is 14.6 Å². The summed E-state index contributed by atoms with van der Waals surface area (Å²) in [7, 11) is 0. The second kappa shape index (κ2) is 7.78. The Bertz CT molecular complexity index is 1130. The highest BCUT2D eigenvalue weighted by Gasteiger charge is 2.46. The van der Waals surface area contributed by atoms with Gasteiger partial charge in [0.25, 0.3) is 5.91 Å². The molecule has 1 saturated heterocycles. The SMILES string of the molecule is C[C@@H]1C[C@]2(C=CC(=O)N2c2cccc(F)c2)CCN1Cc1cnc(-c2ccccc2)[nH]1. The van der Waals surface area contributed by atoms with Crippen LogP contribution >= 0.6 is 0 Å². The number of carbonyl (C=O) groups is 1. The van der Waals surface area contributed by atoms with E-state index in [0.717, 1.165) is 43.0 Å². The fraction of sp³-hybridized carbons (Fsp3) is 0.280. The number of amides is 1. The molecular weight excluding hydrogens is 391 g/mol. The number of nitrogens with one attached hydrogen (secondary N) is 1. The highest BCUT2D eigenvalue weighted by Crippen LogP contribution is 2.40. The summed E-state index contributed by atoms with van der Waals surface area (Å²) in [6.45, 7) is 3.80. The summed E-state index contributed by atoms with van der Waals surface area (Å²) < 4.78 is 13.8. The normalized spacial score (nSPS) is 23.7. The minimum Gasteiger partial charge on any atom is -0.341 e. The molecule has 3 heterocycles. The van der Waals surface area contributed by atoms with Gasteiger partial charge in [0, 0.05) is 48.3 Å². The summed E-state index contributed by atoms with van der Waals surface area (Å²) in [5.41, 5.74) is 2.36. The van der Waals surface area contributed by atoms with Crippen molar-refractivity contribution in [2.75, 3.05) is 11.4 Å². The Balaban J connectivity index is 1.32. The largest absolute Gasteiger partial charge is 0.341 e. The Morgan fingerprint density at radius 2 is 2.03 bits per heavy atom. The van der Waals surface area contributed by atoms with Gasteiger partial charge in [-0.25, -0.2) is 9.37 Å². The number of piperidine rings is 1. The standard InChI is InChI=1S/C25H25FN4O/c1-18-15-25(11-10-23(31)30(25)22-9-5-8-20(26)14-22)12-13-29(18)17-21-16-27-24(28-21)19-6-3-2-4-7-19/h2-11,14,16,18H,12-13,15,17H2,1H3,(H,27,28)/t18-,25+/m1/s1. The van der Waals surface area contributed by atoms with E-state index >= 15 is 0 Å². The molecule has 3 aromatic rings. The first-order chi connectivity index (χ1) is 15.0. The molecule has 2 aliphatic heterocycles. The molecule has 0 bridgehead atoms. The van der Waals surface area contributed by atoms with Crippen LogP contribution < -0.4 is 4.90 Å².